The van der Waals surface area contributed by atoms with E-state index in [0.29, 0.717) is 5.92 Å². The summed E-state index contributed by atoms with van der Waals surface area (Å²) in [7, 11) is 0. The Morgan fingerprint density at radius 3 is 1.95 bits per heavy atom. The zero-order valence-corrected chi connectivity index (χ0v) is 11.7. The summed E-state index contributed by atoms with van der Waals surface area (Å²) in [5.41, 5.74) is 10.6. The maximum atomic E-state index is 10.4. The lowest BCUT2D eigenvalue weighted by Crippen LogP contribution is -2.01. The lowest BCUT2D eigenvalue weighted by Gasteiger charge is -2.14. The number of aliphatic hydroxyl groups excluding tert-OH is 1. The van der Waals surface area contributed by atoms with E-state index in [9.17, 15) is 5.11 Å². The molecule has 0 saturated carbocycles. The lowest BCUT2D eigenvalue weighted by molar-refractivity contribution is 0.220. The van der Waals surface area contributed by atoms with Crippen molar-refractivity contribution < 1.29 is 5.11 Å². The van der Waals surface area contributed by atoms with Gasteiger partial charge in [-0.3, -0.25) is 0 Å². The van der Waals surface area contributed by atoms with E-state index in [2.05, 4.69) is 26.0 Å². The summed E-state index contributed by atoms with van der Waals surface area (Å²) in [5, 5.41) is 10.4. The minimum absolute atomic E-state index is 0.505. The molecular formula is C17H21NO. The molecule has 1 atom stereocenters. The van der Waals surface area contributed by atoms with Crippen molar-refractivity contribution in [1.29, 1.82) is 0 Å². The summed E-state index contributed by atoms with van der Waals surface area (Å²) < 4.78 is 0. The van der Waals surface area contributed by atoms with Gasteiger partial charge in [0.15, 0.2) is 0 Å². The molecule has 0 spiro atoms. The van der Waals surface area contributed by atoms with Gasteiger partial charge in [-0.05, 0) is 41.2 Å². The van der Waals surface area contributed by atoms with Gasteiger partial charge in [-0.1, -0.05) is 50.2 Å². The molecule has 0 aliphatic carbocycles. The average molecular weight is 255 g/mol. The van der Waals surface area contributed by atoms with Crippen molar-refractivity contribution in [1.82, 2.24) is 0 Å². The van der Waals surface area contributed by atoms with Crippen LogP contribution in [0.1, 0.15) is 48.1 Å². The fourth-order valence-electron chi connectivity index (χ4n) is 2.12. The smallest absolute Gasteiger partial charge is 0.104 e. The molecule has 0 unspecified atom stereocenters. The Kier molecular flexibility index (Phi) is 3.91. The molecule has 2 aromatic carbocycles. The van der Waals surface area contributed by atoms with Gasteiger partial charge in [0.25, 0.3) is 0 Å². The number of anilines is 1. The summed E-state index contributed by atoms with van der Waals surface area (Å²) >= 11 is 0. The highest BCUT2D eigenvalue weighted by Gasteiger charge is 2.11. The monoisotopic (exact) mass is 255 g/mol. The molecule has 0 radical (unpaired) electrons. The molecule has 0 fully saturated rings. The molecule has 0 bridgehead atoms. The first-order valence-corrected chi connectivity index (χ1v) is 6.63. The van der Waals surface area contributed by atoms with Crippen molar-refractivity contribution in [2.24, 2.45) is 0 Å². The zero-order valence-electron chi connectivity index (χ0n) is 11.7. The normalized spacial score (nSPS) is 12.7. The van der Waals surface area contributed by atoms with Crippen LogP contribution >= 0.6 is 0 Å². The van der Waals surface area contributed by atoms with Crippen LogP contribution in [0.5, 0.6) is 0 Å². The van der Waals surface area contributed by atoms with Gasteiger partial charge in [-0.15, -0.1) is 0 Å². The summed E-state index contributed by atoms with van der Waals surface area (Å²) in [4.78, 5) is 0. The average Bonchev–Trinajstić information content (AvgIpc) is 2.41. The number of benzene rings is 2. The van der Waals surface area contributed by atoms with Crippen LogP contribution in [-0.4, -0.2) is 5.11 Å². The van der Waals surface area contributed by atoms with E-state index in [4.69, 9.17) is 5.73 Å². The summed E-state index contributed by atoms with van der Waals surface area (Å²) in [6, 6.07) is 13.8. The Morgan fingerprint density at radius 2 is 1.42 bits per heavy atom. The summed E-state index contributed by atoms with van der Waals surface area (Å²) in [6.07, 6.45) is -0.597. The molecule has 0 amide bonds. The van der Waals surface area contributed by atoms with E-state index in [1.54, 1.807) is 0 Å². The third-order valence-electron chi connectivity index (χ3n) is 3.53. The zero-order chi connectivity index (χ0) is 14.0. The highest BCUT2D eigenvalue weighted by Crippen LogP contribution is 2.26. The van der Waals surface area contributed by atoms with Crippen LogP contribution in [-0.2, 0) is 0 Å². The van der Waals surface area contributed by atoms with Gasteiger partial charge in [-0.2, -0.15) is 0 Å². The molecule has 19 heavy (non-hydrogen) atoms. The fraction of sp³-hybridized carbons (Fsp3) is 0.294. The summed E-state index contributed by atoms with van der Waals surface area (Å²) in [5.74, 6) is 0.505. The Hall–Kier alpha value is -1.80. The Morgan fingerprint density at radius 1 is 0.895 bits per heavy atom. The largest absolute Gasteiger partial charge is 0.399 e. The van der Waals surface area contributed by atoms with Crippen molar-refractivity contribution in [3.63, 3.8) is 0 Å². The van der Waals surface area contributed by atoms with Crippen LogP contribution in [0.15, 0.2) is 42.5 Å². The van der Waals surface area contributed by atoms with Crippen molar-refractivity contribution in [3.05, 3.63) is 64.7 Å². The topological polar surface area (TPSA) is 46.2 Å². The van der Waals surface area contributed by atoms with Crippen LogP contribution < -0.4 is 5.73 Å². The second kappa shape index (κ2) is 5.45. The molecule has 0 aliphatic rings. The van der Waals surface area contributed by atoms with E-state index < -0.39 is 6.10 Å². The number of rotatable bonds is 3. The molecule has 3 N–H and O–H groups in total. The Bertz CT molecular complexity index is 558. The predicted molar refractivity (Wildman–Crippen MR) is 80.2 cm³/mol. The molecule has 0 aromatic heterocycles. The van der Waals surface area contributed by atoms with Crippen molar-refractivity contribution in [2.75, 3.05) is 5.73 Å². The molecule has 2 nitrogen and oxygen atoms in total. The Labute approximate surface area is 114 Å². The van der Waals surface area contributed by atoms with Gasteiger partial charge < -0.3 is 10.8 Å². The van der Waals surface area contributed by atoms with Gasteiger partial charge in [0, 0.05) is 5.69 Å². The fourth-order valence-corrected chi connectivity index (χ4v) is 2.12. The molecule has 100 valence electrons. The van der Waals surface area contributed by atoms with Gasteiger partial charge in [0.2, 0.25) is 0 Å². The minimum atomic E-state index is -0.597. The van der Waals surface area contributed by atoms with Crippen LogP contribution in [0.3, 0.4) is 0 Å². The van der Waals surface area contributed by atoms with Crippen molar-refractivity contribution in [2.45, 2.75) is 32.8 Å². The van der Waals surface area contributed by atoms with E-state index in [1.807, 2.05) is 37.3 Å². The first kappa shape index (κ1) is 13.6. The van der Waals surface area contributed by atoms with Gasteiger partial charge in [0.1, 0.15) is 6.10 Å². The first-order chi connectivity index (χ1) is 8.99. The molecule has 2 rings (SSSR count). The second-order valence-corrected chi connectivity index (χ2v) is 5.34. The minimum Gasteiger partial charge on any atom is -0.399 e. The van der Waals surface area contributed by atoms with Gasteiger partial charge >= 0.3 is 0 Å². The van der Waals surface area contributed by atoms with Crippen LogP contribution in [0, 0.1) is 6.92 Å². The van der Waals surface area contributed by atoms with Gasteiger partial charge in [-0.25, -0.2) is 0 Å². The molecule has 0 saturated heterocycles. The van der Waals surface area contributed by atoms with Crippen LogP contribution in [0.4, 0.5) is 5.69 Å². The lowest BCUT2D eigenvalue weighted by atomic mass is 9.96. The quantitative estimate of drug-likeness (QED) is 0.820. The number of hydrogen-bond donors (Lipinski definition) is 2. The SMILES string of the molecule is Cc1cc([C@H](O)c2ccc(C(C)C)cc2)ccc1N. The molecular weight excluding hydrogens is 234 g/mol. The molecule has 0 aliphatic heterocycles. The van der Waals surface area contributed by atoms with Crippen LogP contribution in [0.25, 0.3) is 0 Å². The van der Waals surface area contributed by atoms with E-state index in [0.717, 1.165) is 22.4 Å². The third kappa shape index (κ3) is 2.96. The highest BCUT2D eigenvalue weighted by atomic mass is 16.3. The van der Waals surface area contributed by atoms with Crippen LogP contribution in [0.2, 0.25) is 0 Å². The Balaban J connectivity index is 2.27. The van der Waals surface area contributed by atoms with E-state index in [1.165, 1.54) is 5.56 Å². The van der Waals surface area contributed by atoms with Gasteiger partial charge in [0.05, 0.1) is 0 Å². The maximum Gasteiger partial charge on any atom is 0.104 e. The van der Waals surface area contributed by atoms with E-state index in [-0.39, 0.29) is 0 Å². The highest BCUT2D eigenvalue weighted by molar-refractivity contribution is 5.49. The molecule has 0 heterocycles. The standard InChI is InChI=1S/C17H21NO/c1-11(2)13-4-6-14(7-5-13)17(19)15-8-9-16(18)12(3)10-15/h4-11,17,19H,18H2,1-3H3/t17-/m1/s1. The molecule has 2 aromatic rings. The number of aryl methyl sites for hydroxylation is 1. The predicted octanol–water partition coefficient (Wildman–Crippen LogP) is 3.78. The number of nitrogens with two attached hydrogens (primary N) is 1. The summed E-state index contributed by atoms with van der Waals surface area (Å²) in [6.45, 7) is 6.27. The second-order valence-electron chi connectivity index (χ2n) is 5.34. The van der Waals surface area contributed by atoms with E-state index >= 15 is 0 Å². The molecule has 2 heteroatoms. The maximum absolute atomic E-state index is 10.4. The first-order valence-electron chi connectivity index (χ1n) is 6.63. The van der Waals surface area contributed by atoms with Crippen molar-refractivity contribution in [3.8, 4) is 0 Å². The third-order valence-corrected chi connectivity index (χ3v) is 3.53. The number of aliphatic hydroxyl groups is 1. The number of hydrogen-bond acceptors (Lipinski definition) is 2. The number of nitrogen functional groups attached to an aromatic ring is 1. The van der Waals surface area contributed by atoms with Crippen molar-refractivity contribution >= 4 is 5.69 Å².